The molecule has 6 nitrogen and oxygen atoms in total. The maximum atomic E-state index is 12.9. The predicted octanol–water partition coefficient (Wildman–Crippen LogP) is 13.5. The van der Waals surface area contributed by atoms with Gasteiger partial charge in [-0.3, -0.25) is 9.59 Å². The van der Waals surface area contributed by atoms with Gasteiger partial charge in [-0.05, 0) is 25.2 Å². The summed E-state index contributed by atoms with van der Waals surface area (Å²) < 4.78 is 11.0. The highest BCUT2D eigenvalue weighted by atomic mass is 16.6. The zero-order valence-corrected chi connectivity index (χ0v) is 34.7. The summed E-state index contributed by atoms with van der Waals surface area (Å²) in [4.78, 5) is 38.1. The number of hydrogen-bond acceptors (Lipinski definition) is 5. The molecule has 1 amide bonds. The number of unbranched alkanes of at least 4 members (excludes halogenated alkanes) is 28. The highest BCUT2D eigenvalue weighted by molar-refractivity contribution is 5.84. The highest BCUT2D eigenvalue weighted by Crippen LogP contribution is 2.16. The van der Waals surface area contributed by atoms with Gasteiger partial charge >= 0.3 is 11.9 Å². The molecule has 0 aromatic rings. The molecule has 0 radical (unpaired) electrons. The summed E-state index contributed by atoms with van der Waals surface area (Å²) in [6.07, 6.45) is 40.9. The summed E-state index contributed by atoms with van der Waals surface area (Å²) in [7, 11) is 0. The minimum Gasteiger partial charge on any atom is -0.464 e. The molecule has 0 aromatic carbocycles. The van der Waals surface area contributed by atoms with Crippen LogP contribution in [0.1, 0.15) is 246 Å². The first-order valence-corrected chi connectivity index (χ1v) is 22.6. The van der Waals surface area contributed by atoms with Gasteiger partial charge in [0.2, 0.25) is 5.91 Å². The van der Waals surface area contributed by atoms with Gasteiger partial charge in [-0.25, -0.2) is 4.79 Å². The van der Waals surface area contributed by atoms with E-state index in [2.05, 4.69) is 33.0 Å². The van der Waals surface area contributed by atoms with Crippen LogP contribution in [-0.4, -0.2) is 37.1 Å². The summed E-state index contributed by atoms with van der Waals surface area (Å²) in [6.45, 7) is 8.94. The predicted molar refractivity (Wildman–Crippen MR) is 217 cm³/mol. The maximum absolute atomic E-state index is 12.9. The minimum atomic E-state index is -0.948. The van der Waals surface area contributed by atoms with Gasteiger partial charge in [-0.2, -0.15) is 0 Å². The molecule has 0 aliphatic heterocycles. The maximum Gasteiger partial charge on any atom is 0.332 e. The third-order valence-electron chi connectivity index (χ3n) is 10.6. The lowest BCUT2D eigenvalue weighted by molar-refractivity contribution is -0.154. The van der Waals surface area contributed by atoms with Gasteiger partial charge in [0, 0.05) is 12.8 Å². The zero-order valence-electron chi connectivity index (χ0n) is 34.7. The molecule has 0 aromatic heterocycles. The van der Waals surface area contributed by atoms with Crippen LogP contribution in [0.4, 0.5) is 0 Å². The van der Waals surface area contributed by atoms with Gasteiger partial charge in [0.25, 0.3) is 0 Å². The average molecular weight is 722 g/mol. The van der Waals surface area contributed by atoms with E-state index in [1.807, 2.05) is 0 Å². The molecule has 0 bridgehead atoms. The Labute approximate surface area is 317 Å². The standard InChI is InChI=1S/C45H87NO5/c1-5-8-10-12-14-16-18-20-22-24-26-28-30-32-34-36-43(47)46-42(45(49)50-39-38-41(4)7-3)40-51-44(48)37-35-33-31-29-27-25-23-21-19-17-15-13-11-9-6-2/h41-42H,5-40H2,1-4H3,(H,46,47). The fraction of sp³-hybridized carbons (Fsp3) is 0.933. The summed E-state index contributed by atoms with van der Waals surface area (Å²) in [5.74, 6) is -0.530. The van der Waals surface area contributed by atoms with Gasteiger partial charge in [0.05, 0.1) is 6.61 Å². The van der Waals surface area contributed by atoms with E-state index in [4.69, 9.17) is 9.47 Å². The summed E-state index contributed by atoms with van der Waals surface area (Å²) in [5, 5.41) is 2.81. The van der Waals surface area contributed by atoms with Gasteiger partial charge < -0.3 is 14.8 Å². The second-order valence-electron chi connectivity index (χ2n) is 15.7. The molecule has 0 aliphatic carbocycles. The summed E-state index contributed by atoms with van der Waals surface area (Å²) >= 11 is 0. The van der Waals surface area contributed by atoms with Crippen LogP contribution < -0.4 is 5.32 Å². The van der Waals surface area contributed by atoms with Gasteiger partial charge in [0.15, 0.2) is 6.04 Å². The van der Waals surface area contributed by atoms with Crippen LogP contribution in [0.15, 0.2) is 0 Å². The van der Waals surface area contributed by atoms with Crippen molar-refractivity contribution in [2.45, 2.75) is 252 Å². The Balaban J connectivity index is 4.11. The quantitative estimate of drug-likeness (QED) is 0.0503. The van der Waals surface area contributed by atoms with Crippen LogP contribution in [0.5, 0.6) is 0 Å². The molecule has 0 saturated carbocycles. The molecular weight excluding hydrogens is 634 g/mol. The Morgan fingerprint density at radius 1 is 0.471 bits per heavy atom. The molecule has 1 N–H and O–H groups in total. The lowest BCUT2D eigenvalue weighted by Crippen LogP contribution is -2.45. The normalized spacial score (nSPS) is 12.5. The molecule has 0 saturated heterocycles. The molecule has 2 atom stereocenters. The van der Waals surface area contributed by atoms with E-state index in [1.54, 1.807) is 0 Å². The van der Waals surface area contributed by atoms with Crippen molar-refractivity contribution in [1.82, 2.24) is 5.32 Å². The first-order chi connectivity index (χ1) is 24.9. The average Bonchev–Trinajstić information content (AvgIpc) is 3.13. The number of rotatable bonds is 40. The van der Waals surface area contributed by atoms with Crippen LogP contribution in [0.2, 0.25) is 0 Å². The first-order valence-electron chi connectivity index (χ1n) is 22.6. The van der Waals surface area contributed by atoms with E-state index in [0.717, 1.165) is 51.4 Å². The number of hydrogen-bond donors (Lipinski definition) is 1. The molecule has 0 rings (SSSR count). The van der Waals surface area contributed by atoms with Crippen molar-refractivity contribution in [3.05, 3.63) is 0 Å². The molecule has 51 heavy (non-hydrogen) atoms. The molecule has 0 spiro atoms. The molecule has 2 unspecified atom stereocenters. The van der Waals surface area contributed by atoms with E-state index in [-0.39, 0.29) is 18.5 Å². The van der Waals surface area contributed by atoms with E-state index in [0.29, 0.717) is 25.4 Å². The molecular formula is C45H87NO5. The van der Waals surface area contributed by atoms with Crippen LogP contribution in [0.25, 0.3) is 0 Å². The molecule has 0 aliphatic rings. The number of ether oxygens (including phenoxy) is 2. The number of amides is 1. The third kappa shape index (κ3) is 36.6. The Kier molecular flexibility index (Phi) is 38.4. The van der Waals surface area contributed by atoms with Gasteiger partial charge in [0.1, 0.15) is 6.61 Å². The number of esters is 2. The van der Waals surface area contributed by atoms with Crippen molar-refractivity contribution in [1.29, 1.82) is 0 Å². The van der Waals surface area contributed by atoms with E-state index in [1.165, 1.54) is 154 Å². The van der Waals surface area contributed by atoms with Crippen LogP contribution in [-0.2, 0) is 23.9 Å². The Morgan fingerprint density at radius 2 is 0.824 bits per heavy atom. The van der Waals surface area contributed by atoms with Crippen LogP contribution >= 0.6 is 0 Å². The van der Waals surface area contributed by atoms with E-state index in [9.17, 15) is 14.4 Å². The summed E-state index contributed by atoms with van der Waals surface area (Å²) in [6, 6.07) is -0.948. The van der Waals surface area contributed by atoms with Crippen LogP contribution in [0, 0.1) is 5.92 Å². The number of nitrogens with one attached hydrogen (secondary N) is 1. The Morgan fingerprint density at radius 3 is 1.20 bits per heavy atom. The largest absolute Gasteiger partial charge is 0.464 e. The lowest BCUT2D eigenvalue weighted by Gasteiger charge is -2.18. The van der Waals surface area contributed by atoms with E-state index < -0.39 is 12.0 Å². The second kappa shape index (κ2) is 39.6. The van der Waals surface area contributed by atoms with Gasteiger partial charge in [-0.1, -0.05) is 214 Å². The number of carbonyl (C=O) groups excluding carboxylic acids is 3. The SMILES string of the molecule is CCCCCCCCCCCCCCCCCC(=O)NC(COC(=O)CCCCCCCCCCCCCCCCC)C(=O)OCCC(C)CC. The fourth-order valence-corrected chi connectivity index (χ4v) is 6.65. The van der Waals surface area contributed by atoms with Crippen molar-refractivity contribution < 1.29 is 23.9 Å². The molecule has 0 fully saturated rings. The number of carbonyl (C=O) groups is 3. The minimum absolute atomic E-state index is 0.162. The van der Waals surface area contributed by atoms with Crippen molar-refractivity contribution >= 4 is 17.8 Å². The second-order valence-corrected chi connectivity index (χ2v) is 15.7. The van der Waals surface area contributed by atoms with Crippen molar-refractivity contribution in [3.8, 4) is 0 Å². The third-order valence-corrected chi connectivity index (χ3v) is 10.6. The Hall–Kier alpha value is -1.59. The first kappa shape index (κ1) is 49.4. The van der Waals surface area contributed by atoms with E-state index >= 15 is 0 Å². The topological polar surface area (TPSA) is 81.7 Å². The Bertz CT molecular complexity index is 772. The summed E-state index contributed by atoms with van der Waals surface area (Å²) in [5.41, 5.74) is 0. The smallest absolute Gasteiger partial charge is 0.332 e. The monoisotopic (exact) mass is 722 g/mol. The highest BCUT2D eigenvalue weighted by Gasteiger charge is 2.24. The fourth-order valence-electron chi connectivity index (χ4n) is 6.65. The molecule has 0 heterocycles. The molecule has 6 heteroatoms. The van der Waals surface area contributed by atoms with Crippen LogP contribution in [0.3, 0.4) is 0 Å². The molecule has 302 valence electrons. The van der Waals surface area contributed by atoms with Crippen molar-refractivity contribution in [2.24, 2.45) is 5.92 Å². The van der Waals surface area contributed by atoms with Crippen molar-refractivity contribution in [3.63, 3.8) is 0 Å². The van der Waals surface area contributed by atoms with Crippen molar-refractivity contribution in [2.75, 3.05) is 13.2 Å². The lowest BCUT2D eigenvalue weighted by atomic mass is 10.0. The zero-order chi connectivity index (χ0) is 37.5. The van der Waals surface area contributed by atoms with Gasteiger partial charge in [-0.15, -0.1) is 0 Å².